The number of carboxylic acids is 1. The number of amides is 1. The van der Waals surface area contributed by atoms with Crippen molar-refractivity contribution in [3.8, 4) is 5.75 Å². The summed E-state index contributed by atoms with van der Waals surface area (Å²) in [5.74, 6) is -0.311. The van der Waals surface area contributed by atoms with Crippen LogP contribution in [0.25, 0.3) is 0 Å². The van der Waals surface area contributed by atoms with Crippen molar-refractivity contribution >= 4 is 17.6 Å². The molecular formula is C13H17NO4. The minimum absolute atomic E-state index is 0.0116. The maximum absolute atomic E-state index is 11.8. The second-order valence-corrected chi connectivity index (χ2v) is 3.90. The van der Waals surface area contributed by atoms with E-state index in [1.165, 1.54) is 4.90 Å². The molecule has 0 bridgehead atoms. The minimum Gasteiger partial charge on any atom is -0.497 e. The van der Waals surface area contributed by atoms with Crippen LogP contribution in [0, 0.1) is 0 Å². The Labute approximate surface area is 106 Å². The first-order chi connectivity index (χ1) is 8.54. The lowest BCUT2D eigenvalue weighted by Crippen LogP contribution is -2.25. The highest BCUT2D eigenvalue weighted by molar-refractivity contribution is 5.93. The number of aliphatic carboxylic acids is 1. The predicted molar refractivity (Wildman–Crippen MR) is 67.9 cm³/mol. The summed E-state index contributed by atoms with van der Waals surface area (Å²) in [5, 5.41) is 8.51. The van der Waals surface area contributed by atoms with Crippen LogP contribution >= 0.6 is 0 Å². The van der Waals surface area contributed by atoms with Gasteiger partial charge >= 0.3 is 5.97 Å². The van der Waals surface area contributed by atoms with Gasteiger partial charge in [0.1, 0.15) is 5.75 Å². The lowest BCUT2D eigenvalue weighted by Gasteiger charge is -2.17. The van der Waals surface area contributed by atoms with E-state index in [0.717, 1.165) is 5.69 Å². The van der Waals surface area contributed by atoms with Crippen molar-refractivity contribution in [3.63, 3.8) is 0 Å². The first kappa shape index (κ1) is 14.0. The van der Waals surface area contributed by atoms with Gasteiger partial charge in [0, 0.05) is 31.6 Å². The number of ether oxygens (including phenoxy) is 1. The third-order valence-corrected chi connectivity index (χ3v) is 2.60. The van der Waals surface area contributed by atoms with Crippen LogP contribution in [0.5, 0.6) is 5.75 Å². The molecule has 18 heavy (non-hydrogen) atoms. The fourth-order valence-electron chi connectivity index (χ4n) is 1.52. The highest BCUT2D eigenvalue weighted by Gasteiger charge is 2.11. The largest absolute Gasteiger partial charge is 0.497 e. The number of hydrogen-bond acceptors (Lipinski definition) is 3. The maximum atomic E-state index is 11.8. The Hall–Kier alpha value is -2.04. The van der Waals surface area contributed by atoms with Gasteiger partial charge in [-0.2, -0.15) is 0 Å². The van der Waals surface area contributed by atoms with Crippen LogP contribution in [0.2, 0.25) is 0 Å². The van der Waals surface area contributed by atoms with Crippen molar-refractivity contribution in [2.45, 2.75) is 19.3 Å². The SMILES string of the molecule is COc1cccc(N(C)C(=O)CCCC(=O)O)c1. The molecule has 0 unspecified atom stereocenters. The molecule has 0 radical (unpaired) electrons. The number of hydrogen-bond donors (Lipinski definition) is 1. The number of rotatable bonds is 6. The maximum Gasteiger partial charge on any atom is 0.303 e. The Kier molecular flexibility index (Phi) is 5.17. The van der Waals surface area contributed by atoms with E-state index < -0.39 is 5.97 Å². The van der Waals surface area contributed by atoms with Crippen molar-refractivity contribution in [1.82, 2.24) is 0 Å². The molecule has 0 aliphatic carbocycles. The Balaban J connectivity index is 2.59. The second kappa shape index (κ2) is 6.64. The van der Waals surface area contributed by atoms with Gasteiger partial charge in [0.15, 0.2) is 0 Å². The van der Waals surface area contributed by atoms with E-state index in [9.17, 15) is 9.59 Å². The number of benzene rings is 1. The van der Waals surface area contributed by atoms with E-state index in [1.807, 2.05) is 0 Å². The molecule has 0 aliphatic rings. The van der Waals surface area contributed by atoms with Gasteiger partial charge in [-0.1, -0.05) is 6.07 Å². The van der Waals surface area contributed by atoms with Crippen molar-refractivity contribution < 1.29 is 19.4 Å². The number of carboxylic acid groups (broad SMARTS) is 1. The first-order valence-electron chi connectivity index (χ1n) is 5.67. The lowest BCUT2D eigenvalue weighted by molar-refractivity contribution is -0.137. The smallest absolute Gasteiger partial charge is 0.303 e. The number of carbonyl (C=O) groups is 2. The van der Waals surface area contributed by atoms with Crippen LogP contribution < -0.4 is 9.64 Å². The van der Waals surface area contributed by atoms with Crippen LogP contribution in [-0.4, -0.2) is 31.1 Å². The number of methoxy groups -OCH3 is 1. The summed E-state index contributed by atoms with van der Waals surface area (Å²) in [5.41, 5.74) is 0.731. The molecule has 0 spiro atoms. The minimum atomic E-state index is -0.883. The summed E-state index contributed by atoms with van der Waals surface area (Å²) in [6, 6.07) is 7.16. The quantitative estimate of drug-likeness (QED) is 0.838. The van der Waals surface area contributed by atoms with E-state index >= 15 is 0 Å². The normalized spacial score (nSPS) is 9.89. The summed E-state index contributed by atoms with van der Waals surface area (Å²) < 4.78 is 5.08. The van der Waals surface area contributed by atoms with E-state index in [4.69, 9.17) is 9.84 Å². The van der Waals surface area contributed by atoms with Gasteiger partial charge in [0.2, 0.25) is 5.91 Å². The van der Waals surface area contributed by atoms with Gasteiger partial charge in [-0.25, -0.2) is 0 Å². The third kappa shape index (κ3) is 4.08. The fraction of sp³-hybridized carbons (Fsp3) is 0.385. The van der Waals surface area contributed by atoms with Crippen LogP contribution in [0.4, 0.5) is 5.69 Å². The standard InChI is InChI=1S/C13H17NO4/c1-14(12(15)7-4-8-13(16)17)10-5-3-6-11(9-10)18-2/h3,5-6,9H,4,7-8H2,1-2H3,(H,16,17). The van der Waals surface area contributed by atoms with Crippen LogP contribution in [0.15, 0.2) is 24.3 Å². The van der Waals surface area contributed by atoms with Gasteiger partial charge in [0.25, 0.3) is 0 Å². The molecule has 1 aromatic carbocycles. The first-order valence-corrected chi connectivity index (χ1v) is 5.67. The fourth-order valence-corrected chi connectivity index (χ4v) is 1.52. The highest BCUT2D eigenvalue weighted by Crippen LogP contribution is 2.20. The van der Waals surface area contributed by atoms with Gasteiger partial charge < -0.3 is 14.7 Å². The molecule has 1 amide bonds. The molecule has 0 aliphatic heterocycles. The van der Waals surface area contributed by atoms with E-state index in [1.54, 1.807) is 38.4 Å². The molecule has 0 aromatic heterocycles. The molecule has 5 nitrogen and oxygen atoms in total. The molecule has 5 heteroatoms. The lowest BCUT2D eigenvalue weighted by atomic mass is 10.2. The molecule has 0 atom stereocenters. The monoisotopic (exact) mass is 251 g/mol. The molecule has 0 fully saturated rings. The zero-order chi connectivity index (χ0) is 13.5. The second-order valence-electron chi connectivity index (χ2n) is 3.90. The summed E-state index contributed by atoms with van der Waals surface area (Å²) in [6.45, 7) is 0. The van der Waals surface area contributed by atoms with Gasteiger partial charge in [-0.05, 0) is 18.6 Å². The Morgan fingerprint density at radius 1 is 1.33 bits per heavy atom. The van der Waals surface area contributed by atoms with Gasteiger partial charge in [-0.3, -0.25) is 9.59 Å². The molecule has 0 saturated heterocycles. The molecule has 0 saturated carbocycles. The van der Waals surface area contributed by atoms with E-state index in [-0.39, 0.29) is 18.7 Å². The number of nitrogens with zero attached hydrogens (tertiary/aromatic N) is 1. The molecule has 98 valence electrons. The highest BCUT2D eigenvalue weighted by atomic mass is 16.5. The predicted octanol–water partition coefficient (Wildman–Crippen LogP) is 1.91. The van der Waals surface area contributed by atoms with Crippen LogP contribution in [-0.2, 0) is 9.59 Å². The Morgan fingerprint density at radius 3 is 2.67 bits per heavy atom. The van der Waals surface area contributed by atoms with Crippen LogP contribution in [0.3, 0.4) is 0 Å². The summed E-state index contributed by atoms with van der Waals surface area (Å²) in [7, 11) is 3.23. The zero-order valence-corrected chi connectivity index (χ0v) is 10.5. The van der Waals surface area contributed by atoms with Crippen molar-refractivity contribution in [2.75, 3.05) is 19.1 Å². The van der Waals surface area contributed by atoms with E-state index in [0.29, 0.717) is 12.2 Å². The zero-order valence-electron chi connectivity index (χ0n) is 10.5. The summed E-state index contributed by atoms with van der Waals surface area (Å²) in [6.07, 6.45) is 0.584. The molecule has 1 rings (SSSR count). The Morgan fingerprint density at radius 2 is 2.06 bits per heavy atom. The molecule has 0 heterocycles. The Bertz CT molecular complexity index is 431. The summed E-state index contributed by atoms with van der Waals surface area (Å²) >= 11 is 0. The van der Waals surface area contributed by atoms with Crippen molar-refractivity contribution in [2.24, 2.45) is 0 Å². The van der Waals surface area contributed by atoms with Gasteiger partial charge in [-0.15, -0.1) is 0 Å². The number of carbonyl (C=O) groups excluding carboxylic acids is 1. The number of anilines is 1. The van der Waals surface area contributed by atoms with E-state index in [2.05, 4.69) is 0 Å². The van der Waals surface area contributed by atoms with Crippen molar-refractivity contribution in [3.05, 3.63) is 24.3 Å². The average molecular weight is 251 g/mol. The molecule has 1 aromatic rings. The third-order valence-electron chi connectivity index (χ3n) is 2.60. The van der Waals surface area contributed by atoms with Crippen LogP contribution in [0.1, 0.15) is 19.3 Å². The summed E-state index contributed by atoms with van der Waals surface area (Å²) in [4.78, 5) is 23.7. The molecular weight excluding hydrogens is 234 g/mol. The van der Waals surface area contributed by atoms with Crippen molar-refractivity contribution in [1.29, 1.82) is 0 Å². The topological polar surface area (TPSA) is 66.8 Å². The van der Waals surface area contributed by atoms with Gasteiger partial charge in [0.05, 0.1) is 7.11 Å². The molecule has 1 N–H and O–H groups in total. The average Bonchev–Trinajstić information content (AvgIpc) is 2.37.